The van der Waals surface area contributed by atoms with Gasteiger partial charge >= 0.3 is 19.8 Å². The average molecular weight is 740 g/mol. The van der Waals surface area contributed by atoms with Crippen LogP contribution in [0, 0.1) is 0 Å². The first-order valence-corrected chi connectivity index (χ1v) is 21.6. The van der Waals surface area contributed by atoms with Crippen LogP contribution in [0.1, 0.15) is 168 Å². The predicted octanol–water partition coefficient (Wildman–Crippen LogP) is 11.2. The molecular formula is C41H74NO8P. The molecule has 0 aromatic heterocycles. The number of allylic oxidation sites excluding steroid dienone is 8. The van der Waals surface area contributed by atoms with Crippen LogP contribution in [0.4, 0.5) is 0 Å². The topological polar surface area (TPSA) is 134 Å². The lowest BCUT2D eigenvalue weighted by Gasteiger charge is -2.19. The van der Waals surface area contributed by atoms with Crippen molar-refractivity contribution in [3.63, 3.8) is 0 Å². The summed E-state index contributed by atoms with van der Waals surface area (Å²) in [6.45, 7) is 3.60. The second-order valence-electron chi connectivity index (χ2n) is 13.1. The molecule has 3 N–H and O–H groups in total. The SMILES string of the molecule is CCCCC/C=C/C/C=C/C/C=C/CCCCC(=O)O[C@H](COC(=O)CC/C=C/CCCCCCCCCCCCC)COP(=O)(O)OCCN. The van der Waals surface area contributed by atoms with E-state index < -0.39 is 32.5 Å². The minimum absolute atomic E-state index is 0.0421. The molecule has 9 nitrogen and oxygen atoms in total. The number of carbonyl (C=O) groups excluding carboxylic acids is 2. The summed E-state index contributed by atoms with van der Waals surface area (Å²) in [7, 11) is -4.39. The van der Waals surface area contributed by atoms with E-state index >= 15 is 0 Å². The number of ether oxygens (including phenoxy) is 2. The maximum atomic E-state index is 12.5. The minimum atomic E-state index is -4.39. The molecule has 0 aliphatic heterocycles. The van der Waals surface area contributed by atoms with Crippen LogP contribution >= 0.6 is 7.82 Å². The summed E-state index contributed by atoms with van der Waals surface area (Å²) in [6, 6.07) is 0. The van der Waals surface area contributed by atoms with Crippen LogP contribution < -0.4 is 5.73 Å². The second kappa shape index (κ2) is 37.7. The van der Waals surface area contributed by atoms with Gasteiger partial charge in [-0.2, -0.15) is 0 Å². The number of nitrogens with two attached hydrogens (primary N) is 1. The Bertz CT molecular complexity index is 981. The number of hydrogen-bond donors (Lipinski definition) is 2. The van der Waals surface area contributed by atoms with Crippen molar-refractivity contribution >= 4 is 19.8 Å². The summed E-state index contributed by atoms with van der Waals surface area (Å²) in [5.41, 5.74) is 5.33. The number of unbranched alkanes of at least 4 members (excludes halogenated alkanes) is 16. The van der Waals surface area contributed by atoms with Gasteiger partial charge in [0, 0.05) is 19.4 Å². The fraction of sp³-hybridized carbons (Fsp3) is 0.756. The molecule has 0 aliphatic carbocycles. The van der Waals surface area contributed by atoms with Crippen molar-refractivity contribution in [2.24, 2.45) is 5.73 Å². The van der Waals surface area contributed by atoms with Gasteiger partial charge in [0.1, 0.15) is 6.61 Å². The molecule has 0 fully saturated rings. The van der Waals surface area contributed by atoms with E-state index in [1.165, 1.54) is 83.5 Å². The second-order valence-corrected chi connectivity index (χ2v) is 14.6. The summed E-state index contributed by atoms with van der Waals surface area (Å²) in [4.78, 5) is 34.7. The predicted molar refractivity (Wildman–Crippen MR) is 210 cm³/mol. The minimum Gasteiger partial charge on any atom is -0.462 e. The van der Waals surface area contributed by atoms with Gasteiger partial charge in [0.15, 0.2) is 6.10 Å². The zero-order chi connectivity index (χ0) is 37.5. The number of esters is 2. The molecule has 0 saturated heterocycles. The molecule has 0 saturated carbocycles. The number of phosphoric acid groups is 1. The van der Waals surface area contributed by atoms with Crippen LogP contribution in [0.25, 0.3) is 0 Å². The summed E-state index contributed by atoms with van der Waals surface area (Å²) >= 11 is 0. The van der Waals surface area contributed by atoms with Gasteiger partial charge in [-0.05, 0) is 64.2 Å². The van der Waals surface area contributed by atoms with E-state index in [4.69, 9.17) is 24.3 Å². The Balaban J connectivity index is 4.31. The third-order valence-electron chi connectivity index (χ3n) is 8.20. The molecule has 0 aromatic carbocycles. The van der Waals surface area contributed by atoms with E-state index in [1.54, 1.807) is 0 Å². The molecule has 0 aromatic rings. The first-order chi connectivity index (χ1) is 24.8. The van der Waals surface area contributed by atoms with Crippen molar-refractivity contribution in [2.75, 3.05) is 26.4 Å². The van der Waals surface area contributed by atoms with Gasteiger partial charge in [-0.3, -0.25) is 18.6 Å². The highest BCUT2D eigenvalue weighted by Gasteiger charge is 2.25. The van der Waals surface area contributed by atoms with Gasteiger partial charge in [0.2, 0.25) is 0 Å². The molecule has 0 aliphatic rings. The van der Waals surface area contributed by atoms with Crippen LogP contribution in [-0.2, 0) is 32.7 Å². The lowest BCUT2D eigenvalue weighted by Crippen LogP contribution is -2.29. The van der Waals surface area contributed by atoms with Crippen molar-refractivity contribution < 1.29 is 37.6 Å². The highest BCUT2D eigenvalue weighted by molar-refractivity contribution is 7.47. The Morgan fingerprint density at radius 1 is 0.588 bits per heavy atom. The van der Waals surface area contributed by atoms with Crippen molar-refractivity contribution in [3.8, 4) is 0 Å². The molecule has 0 bridgehead atoms. The van der Waals surface area contributed by atoms with Crippen LogP contribution in [0.3, 0.4) is 0 Å². The number of phosphoric ester groups is 1. The molecule has 2 atom stereocenters. The molecule has 296 valence electrons. The summed E-state index contributed by atoms with van der Waals surface area (Å²) in [5, 5.41) is 0. The van der Waals surface area contributed by atoms with E-state index in [-0.39, 0.29) is 32.6 Å². The Morgan fingerprint density at radius 3 is 1.65 bits per heavy atom. The highest BCUT2D eigenvalue weighted by Crippen LogP contribution is 2.43. The van der Waals surface area contributed by atoms with E-state index in [0.717, 1.165) is 44.9 Å². The summed E-state index contributed by atoms with van der Waals surface area (Å²) < 4.78 is 32.6. The molecule has 0 amide bonds. The van der Waals surface area contributed by atoms with Crippen LogP contribution in [0.2, 0.25) is 0 Å². The van der Waals surface area contributed by atoms with Crippen LogP contribution in [0.15, 0.2) is 48.6 Å². The van der Waals surface area contributed by atoms with Crippen LogP contribution in [0.5, 0.6) is 0 Å². The van der Waals surface area contributed by atoms with Crippen molar-refractivity contribution in [1.82, 2.24) is 0 Å². The molecule has 0 heterocycles. The first-order valence-electron chi connectivity index (χ1n) is 20.1. The lowest BCUT2D eigenvalue weighted by molar-refractivity contribution is -0.161. The van der Waals surface area contributed by atoms with Gasteiger partial charge in [0.05, 0.1) is 13.2 Å². The average Bonchev–Trinajstić information content (AvgIpc) is 3.11. The highest BCUT2D eigenvalue weighted by atomic mass is 31.2. The third-order valence-corrected chi connectivity index (χ3v) is 9.18. The van der Waals surface area contributed by atoms with Gasteiger partial charge in [0.25, 0.3) is 0 Å². The molecule has 0 spiro atoms. The standard InChI is InChI=1S/C41H74NO8P/c1-3-5-7-9-11-13-15-17-19-21-23-25-27-29-31-33-40(43)47-37-39(38-49-51(45,46)48-36-35-42)50-41(44)34-32-30-28-26-24-22-20-18-16-14-12-10-8-6-4-2/h12,14,18,20,24,26-27,29,39H,3-11,13,15-17,19,21-23,25,28,30-38,42H2,1-2H3,(H,45,46)/b14-12+,20-18+,26-24+,29-27+/t39-/m1/s1. The smallest absolute Gasteiger partial charge is 0.462 e. The maximum absolute atomic E-state index is 12.5. The summed E-state index contributed by atoms with van der Waals surface area (Å²) in [5.74, 6) is -0.933. The van der Waals surface area contributed by atoms with E-state index in [9.17, 15) is 19.0 Å². The quantitative estimate of drug-likeness (QED) is 0.0276. The Labute approximate surface area is 311 Å². The normalized spacial score (nSPS) is 13.9. The maximum Gasteiger partial charge on any atom is 0.472 e. The van der Waals surface area contributed by atoms with Gasteiger partial charge in [-0.15, -0.1) is 0 Å². The van der Waals surface area contributed by atoms with E-state index in [2.05, 4.69) is 56.4 Å². The Hall–Kier alpha value is -2.03. The largest absolute Gasteiger partial charge is 0.472 e. The Kier molecular flexibility index (Phi) is 36.2. The number of hydrogen-bond acceptors (Lipinski definition) is 8. The monoisotopic (exact) mass is 740 g/mol. The first kappa shape index (κ1) is 49.0. The lowest BCUT2D eigenvalue weighted by atomic mass is 10.1. The number of rotatable bonds is 37. The molecule has 0 radical (unpaired) electrons. The van der Waals surface area contributed by atoms with E-state index in [0.29, 0.717) is 12.8 Å². The summed E-state index contributed by atoms with van der Waals surface area (Å²) in [6.07, 6.45) is 41.6. The fourth-order valence-corrected chi connectivity index (χ4v) is 5.95. The van der Waals surface area contributed by atoms with Crippen molar-refractivity contribution in [3.05, 3.63) is 48.6 Å². The van der Waals surface area contributed by atoms with Crippen LogP contribution in [-0.4, -0.2) is 49.3 Å². The van der Waals surface area contributed by atoms with Crippen molar-refractivity contribution in [2.45, 2.75) is 174 Å². The third kappa shape index (κ3) is 37.5. The van der Waals surface area contributed by atoms with Gasteiger partial charge < -0.3 is 20.1 Å². The molecule has 10 heteroatoms. The zero-order valence-corrected chi connectivity index (χ0v) is 33.2. The van der Waals surface area contributed by atoms with Gasteiger partial charge in [-0.25, -0.2) is 4.57 Å². The fourth-order valence-electron chi connectivity index (χ4n) is 5.19. The molecule has 0 rings (SSSR count). The van der Waals surface area contributed by atoms with Gasteiger partial charge in [-0.1, -0.05) is 140 Å². The molecular weight excluding hydrogens is 665 g/mol. The number of carbonyl (C=O) groups is 2. The van der Waals surface area contributed by atoms with Crippen molar-refractivity contribution in [1.29, 1.82) is 0 Å². The Morgan fingerprint density at radius 2 is 1.06 bits per heavy atom. The molecule has 1 unspecified atom stereocenters. The zero-order valence-electron chi connectivity index (χ0n) is 32.3. The van der Waals surface area contributed by atoms with E-state index in [1.807, 2.05) is 6.08 Å². The molecule has 51 heavy (non-hydrogen) atoms.